The van der Waals surface area contributed by atoms with Crippen LogP contribution in [0.15, 0.2) is 35.1 Å². The Kier molecular flexibility index (Phi) is 4.47. The van der Waals surface area contributed by atoms with Crippen LogP contribution in [0, 0.1) is 6.92 Å². The third kappa shape index (κ3) is 3.09. The zero-order valence-electron chi connectivity index (χ0n) is 10.7. The number of halogens is 1. The van der Waals surface area contributed by atoms with Crippen molar-refractivity contribution in [3.63, 3.8) is 0 Å². The van der Waals surface area contributed by atoms with Crippen LogP contribution >= 0.6 is 15.9 Å². The Morgan fingerprint density at radius 3 is 2.63 bits per heavy atom. The average Bonchev–Trinajstić information content (AvgIpc) is 2.39. The van der Waals surface area contributed by atoms with Gasteiger partial charge >= 0.3 is 0 Å². The molecule has 100 valence electrons. The number of methoxy groups -OCH3 is 1. The summed E-state index contributed by atoms with van der Waals surface area (Å²) in [4.78, 5) is 8.46. The fourth-order valence-corrected chi connectivity index (χ4v) is 2.58. The summed E-state index contributed by atoms with van der Waals surface area (Å²) in [5, 5.41) is 0. The molecule has 1 unspecified atom stereocenters. The van der Waals surface area contributed by atoms with Crippen molar-refractivity contribution in [1.29, 1.82) is 0 Å². The Bertz CT molecular complexity index is 556. The van der Waals surface area contributed by atoms with Gasteiger partial charge in [0.2, 0.25) is 5.88 Å². The smallest absolute Gasteiger partial charge is 0.237 e. The second-order valence-electron chi connectivity index (χ2n) is 4.11. The first-order chi connectivity index (χ1) is 9.15. The Hall–Kier alpha value is -1.50. The van der Waals surface area contributed by atoms with Crippen molar-refractivity contribution < 1.29 is 4.74 Å². The Balaban J connectivity index is 2.49. The SMILES string of the molecule is COc1nccnc1C(NN)c1cc(C)cc(Br)c1. The minimum atomic E-state index is -0.278. The molecule has 5 nitrogen and oxygen atoms in total. The lowest BCUT2D eigenvalue weighted by Crippen LogP contribution is -2.30. The van der Waals surface area contributed by atoms with Crippen LogP contribution in [0.4, 0.5) is 0 Å². The van der Waals surface area contributed by atoms with Crippen LogP contribution in [-0.4, -0.2) is 17.1 Å². The lowest BCUT2D eigenvalue weighted by Gasteiger charge is -2.18. The number of hydrogen-bond acceptors (Lipinski definition) is 5. The molecule has 1 heterocycles. The molecule has 2 rings (SSSR count). The summed E-state index contributed by atoms with van der Waals surface area (Å²) >= 11 is 3.48. The number of aryl methyl sites for hydroxylation is 1. The highest BCUT2D eigenvalue weighted by molar-refractivity contribution is 9.10. The topological polar surface area (TPSA) is 73.1 Å². The van der Waals surface area contributed by atoms with E-state index in [1.807, 2.05) is 25.1 Å². The molecule has 0 spiro atoms. The van der Waals surface area contributed by atoms with Crippen molar-refractivity contribution in [1.82, 2.24) is 15.4 Å². The first-order valence-corrected chi connectivity index (χ1v) is 6.53. The number of hydrogen-bond donors (Lipinski definition) is 2. The van der Waals surface area contributed by atoms with Gasteiger partial charge in [-0.3, -0.25) is 10.8 Å². The first kappa shape index (κ1) is 13.9. The summed E-state index contributed by atoms with van der Waals surface area (Å²) in [7, 11) is 1.56. The van der Waals surface area contributed by atoms with E-state index in [0.717, 1.165) is 15.6 Å². The molecule has 0 fully saturated rings. The minimum absolute atomic E-state index is 0.278. The fourth-order valence-electron chi connectivity index (χ4n) is 1.96. The molecule has 0 bridgehead atoms. The number of ether oxygens (including phenoxy) is 1. The molecule has 1 aromatic heterocycles. The lowest BCUT2D eigenvalue weighted by molar-refractivity contribution is 0.383. The van der Waals surface area contributed by atoms with Crippen LogP contribution in [0.5, 0.6) is 5.88 Å². The molecule has 1 aromatic carbocycles. The number of benzene rings is 1. The van der Waals surface area contributed by atoms with Gasteiger partial charge in [-0.15, -0.1) is 0 Å². The van der Waals surface area contributed by atoms with Gasteiger partial charge in [0.1, 0.15) is 5.69 Å². The zero-order valence-corrected chi connectivity index (χ0v) is 12.3. The van der Waals surface area contributed by atoms with Crippen LogP contribution in [0.1, 0.15) is 22.9 Å². The fraction of sp³-hybridized carbons (Fsp3) is 0.231. The Morgan fingerprint density at radius 1 is 1.26 bits per heavy atom. The number of nitrogens with one attached hydrogen (secondary N) is 1. The molecule has 6 heteroatoms. The van der Waals surface area contributed by atoms with E-state index in [1.54, 1.807) is 19.5 Å². The van der Waals surface area contributed by atoms with Gasteiger partial charge in [-0.05, 0) is 30.2 Å². The van der Waals surface area contributed by atoms with E-state index in [1.165, 1.54) is 0 Å². The standard InChI is InChI=1S/C13H15BrN4O/c1-8-5-9(7-10(14)6-8)11(18-15)12-13(19-2)17-4-3-16-12/h3-7,11,18H,15H2,1-2H3. The van der Waals surface area contributed by atoms with E-state index in [-0.39, 0.29) is 6.04 Å². The second kappa shape index (κ2) is 6.10. The van der Waals surface area contributed by atoms with E-state index in [9.17, 15) is 0 Å². The summed E-state index contributed by atoms with van der Waals surface area (Å²) < 4.78 is 6.22. The first-order valence-electron chi connectivity index (χ1n) is 5.74. The van der Waals surface area contributed by atoms with Gasteiger partial charge in [0.05, 0.1) is 13.2 Å². The van der Waals surface area contributed by atoms with E-state index in [2.05, 4.69) is 31.3 Å². The molecule has 0 aliphatic carbocycles. The highest BCUT2D eigenvalue weighted by Gasteiger charge is 2.19. The molecular weight excluding hydrogens is 308 g/mol. The maximum atomic E-state index is 5.67. The van der Waals surface area contributed by atoms with Gasteiger partial charge in [-0.2, -0.15) is 0 Å². The highest BCUT2D eigenvalue weighted by atomic mass is 79.9. The second-order valence-corrected chi connectivity index (χ2v) is 5.03. The van der Waals surface area contributed by atoms with Crippen molar-refractivity contribution in [3.8, 4) is 5.88 Å². The number of hydrazine groups is 1. The van der Waals surface area contributed by atoms with Gasteiger partial charge in [0.15, 0.2) is 0 Å². The predicted molar refractivity (Wildman–Crippen MR) is 76.6 cm³/mol. The molecule has 0 aliphatic rings. The molecule has 2 aromatic rings. The number of aromatic nitrogens is 2. The molecule has 0 saturated heterocycles. The zero-order chi connectivity index (χ0) is 13.8. The quantitative estimate of drug-likeness (QED) is 0.666. The van der Waals surface area contributed by atoms with Crippen molar-refractivity contribution in [2.24, 2.45) is 5.84 Å². The normalized spacial score (nSPS) is 12.2. The Labute approximate surface area is 120 Å². The van der Waals surface area contributed by atoms with Crippen molar-refractivity contribution in [3.05, 3.63) is 51.9 Å². The maximum absolute atomic E-state index is 5.67. The van der Waals surface area contributed by atoms with Crippen LogP contribution in [0.25, 0.3) is 0 Å². The molecule has 0 radical (unpaired) electrons. The van der Waals surface area contributed by atoms with Crippen LogP contribution < -0.4 is 16.0 Å². The van der Waals surface area contributed by atoms with Gasteiger partial charge < -0.3 is 4.74 Å². The molecular formula is C13H15BrN4O. The third-order valence-electron chi connectivity index (χ3n) is 2.72. The van der Waals surface area contributed by atoms with E-state index < -0.39 is 0 Å². The minimum Gasteiger partial charge on any atom is -0.480 e. The Morgan fingerprint density at radius 2 is 2.00 bits per heavy atom. The van der Waals surface area contributed by atoms with Gasteiger partial charge in [0.25, 0.3) is 0 Å². The van der Waals surface area contributed by atoms with E-state index in [4.69, 9.17) is 10.6 Å². The molecule has 0 aliphatic heterocycles. The van der Waals surface area contributed by atoms with Crippen molar-refractivity contribution >= 4 is 15.9 Å². The largest absolute Gasteiger partial charge is 0.480 e. The van der Waals surface area contributed by atoms with Crippen molar-refractivity contribution in [2.45, 2.75) is 13.0 Å². The van der Waals surface area contributed by atoms with Gasteiger partial charge in [-0.25, -0.2) is 10.4 Å². The highest BCUT2D eigenvalue weighted by Crippen LogP contribution is 2.28. The van der Waals surface area contributed by atoms with E-state index in [0.29, 0.717) is 11.6 Å². The average molecular weight is 323 g/mol. The summed E-state index contributed by atoms with van der Waals surface area (Å²) in [5.41, 5.74) is 5.54. The monoisotopic (exact) mass is 322 g/mol. The van der Waals surface area contributed by atoms with E-state index >= 15 is 0 Å². The summed E-state index contributed by atoms with van der Waals surface area (Å²) in [6.45, 7) is 2.02. The lowest BCUT2D eigenvalue weighted by atomic mass is 10.0. The number of nitrogens with two attached hydrogens (primary N) is 1. The number of nitrogens with zero attached hydrogens (tertiary/aromatic N) is 2. The number of rotatable bonds is 4. The maximum Gasteiger partial charge on any atom is 0.237 e. The molecule has 0 saturated carbocycles. The van der Waals surface area contributed by atoms with Crippen LogP contribution in [0.3, 0.4) is 0 Å². The van der Waals surface area contributed by atoms with Gasteiger partial charge in [-0.1, -0.05) is 22.0 Å². The van der Waals surface area contributed by atoms with Gasteiger partial charge in [0, 0.05) is 16.9 Å². The summed E-state index contributed by atoms with van der Waals surface area (Å²) in [5.74, 6) is 6.13. The van der Waals surface area contributed by atoms with Crippen LogP contribution in [-0.2, 0) is 0 Å². The predicted octanol–water partition coefficient (Wildman–Crippen LogP) is 2.11. The summed E-state index contributed by atoms with van der Waals surface area (Å²) in [6, 6.07) is 5.79. The molecule has 3 N–H and O–H groups in total. The van der Waals surface area contributed by atoms with Crippen LogP contribution in [0.2, 0.25) is 0 Å². The molecule has 0 amide bonds. The summed E-state index contributed by atoms with van der Waals surface area (Å²) in [6.07, 6.45) is 3.20. The van der Waals surface area contributed by atoms with Crippen molar-refractivity contribution in [2.75, 3.05) is 7.11 Å². The third-order valence-corrected chi connectivity index (χ3v) is 3.18. The molecule has 1 atom stereocenters. The molecule has 19 heavy (non-hydrogen) atoms.